The van der Waals surface area contributed by atoms with E-state index in [4.69, 9.17) is 4.74 Å². The van der Waals surface area contributed by atoms with Gasteiger partial charge in [-0.3, -0.25) is 0 Å². The van der Waals surface area contributed by atoms with Gasteiger partial charge in [0, 0.05) is 50.6 Å². The van der Waals surface area contributed by atoms with Crippen LogP contribution in [-0.4, -0.2) is 29.3 Å². The standard InChI is InChI=1S/C17H25N3O/c1-3-13-7-8-18-17-16(13)14(11-19-15-5-6-15)12-20(17)9-4-10-21-2/h7-8,12,15,19H,3-6,9-11H2,1-2H3. The minimum atomic E-state index is 0.735. The molecule has 4 heteroatoms. The fourth-order valence-electron chi connectivity index (χ4n) is 2.89. The lowest BCUT2D eigenvalue weighted by Gasteiger charge is -2.05. The van der Waals surface area contributed by atoms with Crippen molar-refractivity contribution in [3.8, 4) is 0 Å². The average Bonchev–Trinajstić information content (AvgIpc) is 3.27. The molecule has 1 saturated carbocycles. The summed E-state index contributed by atoms with van der Waals surface area (Å²) in [7, 11) is 1.76. The zero-order valence-electron chi connectivity index (χ0n) is 13.1. The molecule has 0 aromatic carbocycles. The van der Waals surface area contributed by atoms with Crippen molar-refractivity contribution in [2.75, 3.05) is 13.7 Å². The van der Waals surface area contributed by atoms with Gasteiger partial charge >= 0.3 is 0 Å². The summed E-state index contributed by atoms with van der Waals surface area (Å²) in [6.45, 7) is 4.93. The first kappa shape index (κ1) is 14.5. The first-order valence-electron chi connectivity index (χ1n) is 8.01. The van der Waals surface area contributed by atoms with Crippen LogP contribution in [0.15, 0.2) is 18.5 Å². The van der Waals surface area contributed by atoms with Crippen LogP contribution >= 0.6 is 0 Å². The minimum absolute atomic E-state index is 0.735. The summed E-state index contributed by atoms with van der Waals surface area (Å²) in [5.74, 6) is 0. The van der Waals surface area contributed by atoms with Gasteiger partial charge in [0.15, 0.2) is 0 Å². The van der Waals surface area contributed by atoms with Crippen LogP contribution in [0, 0.1) is 0 Å². The normalized spacial score (nSPS) is 15.0. The first-order valence-corrected chi connectivity index (χ1v) is 8.01. The summed E-state index contributed by atoms with van der Waals surface area (Å²) in [6.07, 6.45) is 8.94. The van der Waals surface area contributed by atoms with Crippen LogP contribution < -0.4 is 5.32 Å². The Kier molecular flexibility index (Phi) is 4.56. The number of nitrogens with zero attached hydrogens (tertiary/aromatic N) is 2. The van der Waals surface area contributed by atoms with Gasteiger partial charge in [-0.25, -0.2) is 4.98 Å². The molecular weight excluding hydrogens is 262 g/mol. The second-order valence-corrected chi connectivity index (χ2v) is 5.87. The number of rotatable bonds is 8. The van der Waals surface area contributed by atoms with Crippen LogP contribution in [0.4, 0.5) is 0 Å². The van der Waals surface area contributed by atoms with Gasteiger partial charge in [-0.05, 0) is 42.9 Å². The Morgan fingerprint density at radius 1 is 1.38 bits per heavy atom. The predicted octanol–water partition coefficient (Wildman–Crippen LogP) is 2.89. The Balaban J connectivity index is 1.90. The number of fused-ring (bicyclic) bond motifs is 1. The summed E-state index contributed by atoms with van der Waals surface area (Å²) in [5.41, 5.74) is 3.91. The molecule has 2 aromatic heterocycles. The van der Waals surface area contributed by atoms with E-state index >= 15 is 0 Å². The van der Waals surface area contributed by atoms with Crippen molar-refractivity contribution in [2.45, 2.75) is 51.7 Å². The zero-order valence-corrected chi connectivity index (χ0v) is 13.1. The summed E-state index contributed by atoms with van der Waals surface area (Å²) in [5, 5.41) is 4.98. The van der Waals surface area contributed by atoms with Gasteiger partial charge < -0.3 is 14.6 Å². The van der Waals surface area contributed by atoms with E-state index in [1.807, 2.05) is 6.20 Å². The maximum Gasteiger partial charge on any atom is 0.140 e. The van der Waals surface area contributed by atoms with Crippen molar-refractivity contribution in [1.82, 2.24) is 14.9 Å². The molecule has 0 saturated heterocycles. The molecule has 114 valence electrons. The summed E-state index contributed by atoms with van der Waals surface area (Å²) < 4.78 is 7.46. The van der Waals surface area contributed by atoms with Gasteiger partial charge in [-0.1, -0.05) is 6.92 Å². The molecule has 0 spiro atoms. The van der Waals surface area contributed by atoms with Gasteiger partial charge in [0.25, 0.3) is 0 Å². The molecule has 0 atom stereocenters. The van der Waals surface area contributed by atoms with Crippen molar-refractivity contribution in [3.05, 3.63) is 29.6 Å². The van der Waals surface area contributed by atoms with E-state index in [2.05, 4.69) is 34.1 Å². The molecule has 1 aliphatic rings. The number of methoxy groups -OCH3 is 1. The maximum atomic E-state index is 5.17. The van der Waals surface area contributed by atoms with E-state index in [1.165, 1.54) is 29.4 Å². The largest absolute Gasteiger partial charge is 0.385 e. The Morgan fingerprint density at radius 2 is 2.24 bits per heavy atom. The van der Waals surface area contributed by atoms with Gasteiger partial charge in [-0.15, -0.1) is 0 Å². The van der Waals surface area contributed by atoms with Crippen molar-refractivity contribution in [2.24, 2.45) is 0 Å². The van der Waals surface area contributed by atoms with E-state index in [0.717, 1.165) is 44.2 Å². The number of pyridine rings is 1. The molecule has 0 aliphatic heterocycles. The molecule has 1 aliphatic carbocycles. The number of nitrogens with one attached hydrogen (secondary N) is 1. The van der Waals surface area contributed by atoms with Crippen LogP contribution in [-0.2, 0) is 24.2 Å². The number of hydrogen-bond donors (Lipinski definition) is 1. The third-order valence-corrected chi connectivity index (χ3v) is 4.21. The quantitative estimate of drug-likeness (QED) is 0.759. The second-order valence-electron chi connectivity index (χ2n) is 5.87. The van der Waals surface area contributed by atoms with E-state index in [0.29, 0.717) is 0 Å². The summed E-state index contributed by atoms with van der Waals surface area (Å²) >= 11 is 0. The average molecular weight is 287 g/mol. The highest BCUT2D eigenvalue weighted by atomic mass is 16.5. The highest BCUT2D eigenvalue weighted by Gasteiger charge is 2.21. The molecule has 1 N–H and O–H groups in total. The SMILES string of the molecule is CCc1ccnc2c1c(CNC1CC1)cn2CCCOC. The van der Waals surface area contributed by atoms with Crippen molar-refractivity contribution >= 4 is 11.0 Å². The highest BCUT2D eigenvalue weighted by Crippen LogP contribution is 2.26. The smallest absolute Gasteiger partial charge is 0.140 e. The van der Waals surface area contributed by atoms with Crippen LogP contribution in [0.1, 0.15) is 37.3 Å². The zero-order chi connectivity index (χ0) is 14.7. The van der Waals surface area contributed by atoms with Gasteiger partial charge in [0.2, 0.25) is 0 Å². The van der Waals surface area contributed by atoms with Crippen LogP contribution in [0.25, 0.3) is 11.0 Å². The maximum absolute atomic E-state index is 5.17. The molecule has 1 fully saturated rings. The number of aryl methyl sites for hydroxylation is 2. The second kappa shape index (κ2) is 6.58. The van der Waals surface area contributed by atoms with E-state index < -0.39 is 0 Å². The topological polar surface area (TPSA) is 39.1 Å². The lowest BCUT2D eigenvalue weighted by Crippen LogP contribution is -2.15. The van der Waals surface area contributed by atoms with Gasteiger partial charge in [0.05, 0.1) is 0 Å². The Labute approximate surface area is 126 Å². The predicted molar refractivity (Wildman–Crippen MR) is 85.5 cm³/mol. The highest BCUT2D eigenvalue weighted by molar-refractivity contribution is 5.84. The Bertz CT molecular complexity index is 601. The number of hydrogen-bond acceptors (Lipinski definition) is 3. The third-order valence-electron chi connectivity index (χ3n) is 4.21. The molecule has 2 aromatic rings. The van der Waals surface area contributed by atoms with Crippen LogP contribution in [0.3, 0.4) is 0 Å². The lowest BCUT2D eigenvalue weighted by atomic mass is 10.1. The lowest BCUT2D eigenvalue weighted by molar-refractivity contribution is 0.190. The van der Waals surface area contributed by atoms with E-state index in [-0.39, 0.29) is 0 Å². The minimum Gasteiger partial charge on any atom is -0.385 e. The molecule has 0 radical (unpaired) electrons. The van der Waals surface area contributed by atoms with E-state index in [9.17, 15) is 0 Å². The molecule has 2 heterocycles. The third kappa shape index (κ3) is 3.27. The molecular formula is C17H25N3O. The van der Waals surface area contributed by atoms with Crippen molar-refractivity contribution < 1.29 is 4.74 Å². The molecule has 21 heavy (non-hydrogen) atoms. The molecule has 4 nitrogen and oxygen atoms in total. The van der Waals surface area contributed by atoms with Crippen molar-refractivity contribution in [3.63, 3.8) is 0 Å². The Hall–Kier alpha value is -1.39. The van der Waals surface area contributed by atoms with Gasteiger partial charge in [-0.2, -0.15) is 0 Å². The Morgan fingerprint density at radius 3 is 2.95 bits per heavy atom. The number of aromatic nitrogens is 2. The summed E-state index contributed by atoms with van der Waals surface area (Å²) in [6, 6.07) is 2.89. The summed E-state index contributed by atoms with van der Waals surface area (Å²) in [4.78, 5) is 4.63. The van der Waals surface area contributed by atoms with Crippen LogP contribution in [0.2, 0.25) is 0 Å². The van der Waals surface area contributed by atoms with Crippen molar-refractivity contribution in [1.29, 1.82) is 0 Å². The van der Waals surface area contributed by atoms with E-state index in [1.54, 1.807) is 7.11 Å². The fourth-order valence-corrected chi connectivity index (χ4v) is 2.89. The molecule has 0 unspecified atom stereocenters. The molecule has 0 bridgehead atoms. The fraction of sp³-hybridized carbons (Fsp3) is 0.588. The number of ether oxygens (including phenoxy) is 1. The molecule has 0 amide bonds. The first-order chi connectivity index (χ1) is 10.3. The van der Waals surface area contributed by atoms with Crippen LogP contribution in [0.5, 0.6) is 0 Å². The molecule has 3 rings (SSSR count). The van der Waals surface area contributed by atoms with Gasteiger partial charge in [0.1, 0.15) is 5.65 Å². The monoisotopic (exact) mass is 287 g/mol.